The van der Waals surface area contributed by atoms with Gasteiger partial charge in [0.05, 0.1) is 6.10 Å². The van der Waals surface area contributed by atoms with E-state index in [-0.39, 0.29) is 24.1 Å². The highest BCUT2D eigenvalue weighted by molar-refractivity contribution is 5.95. The fraction of sp³-hybridized carbons (Fsp3) is 0.562. The lowest BCUT2D eigenvalue weighted by Crippen LogP contribution is -2.47. The Balaban J connectivity index is 2.20. The number of hydrogen-bond donors (Lipinski definition) is 1. The second-order valence-corrected chi connectivity index (χ2v) is 6.08. The summed E-state index contributed by atoms with van der Waals surface area (Å²) in [6.45, 7) is 2.54. The summed E-state index contributed by atoms with van der Waals surface area (Å²) in [5.41, 5.74) is -2.82. The van der Waals surface area contributed by atoms with Crippen LogP contribution in [-0.2, 0) is 4.79 Å². The highest BCUT2D eigenvalue weighted by atomic mass is 19.4. The summed E-state index contributed by atoms with van der Waals surface area (Å²) >= 11 is 0. The van der Waals surface area contributed by atoms with E-state index in [9.17, 15) is 22.8 Å². The van der Waals surface area contributed by atoms with Gasteiger partial charge in [-0.2, -0.15) is 13.2 Å². The van der Waals surface area contributed by atoms with Crippen molar-refractivity contribution < 1.29 is 32.6 Å². The van der Waals surface area contributed by atoms with Crippen LogP contribution >= 0.6 is 0 Å². The lowest BCUT2D eigenvalue weighted by atomic mass is 9.86. The van der Waals surface area contributed by atoms with E-state index in [4.69, 9.17) is 9.84 Å². The van der Waals surface area contributed by atoms with Crippen molar-refractivity contribution in [2.75, 3.05) is 13.1 Å². The van der Waals surface area contributed by atoms with Crippen molar-refractivity contribution in [1.29, 1.82) is 0 Å². The minimum atomic E-state index is -4.93. The zero-order valence-corrected chi connectivity index (χ0v) is 13.8. The Morgan fingerprint density at radius 3 is 2.68 bits per heavy atom. The molecule has 2 atom stereocenters. The summed E-state index contributed by atoms with van der Waals surface area (Å²) in [6, 6.07) is 2.71. The van der Waals surface area contributed by atoms with Crippen molar-refractivity contribution in [2.24, 2.45) is 5.41 Å². The van der Waals surface area contributed by atoms with Gasteiger partial charge in [-0.15, -0.1) is 0 Å². The van der Waals surface area contributed by atoms with E-state index in [1.54, 1.807) is 0 Å². The Morgan fingerprint density at radius 2 is 2.16 bits per heavy atom. The molecule has 0 aliphatic carbocycles. The van der Waals surface area contributed by atoms with E-state index in [0.29, 0.717) is 0 Å². The third kappa shape index (κ3) is 3.69. The molecule has 0 bridgehead atoms. The van der Waals surface area contributed by atoms with Crippen LogP contribution in [0.25, 0.3) is 0 Å². The first-order valence-electron chi connectivity index (χ1n) is 7.83. The lowest BCUT2D eigenvalue weighted by molar-refractivity contribution is -0.227. The second kappa shape index (κ2) is 6.89. The first kappa shape index (κ1) is 19.0. The van der Waals surface area contributed by atoms with Crippen LogP contribution in [0.4, 0.5) is 13.2 Å². The molecule has 2 unspecified atom stereocenters. The number of likely N-dealkylation sites (tertiary alicyclic amines) is 1. The predicted molar refractivity (Wildman–Crippen MR) is 81.3 cm³/mol. The lowest BCUT2D eigenvalue weighted by Gasteiger charge is -2.27. The van der Waals surface area contributed by atoms with Gasteiger partial charge in [0.25, 0.3) is 5.91 Å². The highest BCUT2D eigenvalue weighted by Crippen LogP contribution is 2.46. The van der Waals surface area contributed by atoms with Crippen LogP contribution in [0.2, 0.25) is 0 Å². The Labute approximate surface area is 142 Å². The summed E-state index contributed by atoms with van der Waals surface area (Å²) in [5, 5.41) is 9.05. The fourth-order valence-corrected chi connectivity index (χ4v) is 2.59. The number of halogens is 3. The van der Waals surface area contributed by atoms with E-state index in [2.05, 4.69) is 4.98 Å². The maximum absolute atomic E-state index is 13.2. The molecule has 25 heavy (non-hydrogen) atoms. The topological polar surface area (TPSA) is 79.7 Å². The molecular formula is C16H19F3N2O4. The molecule has 1 N–H and O–H groups in total. The Kier molecular flexibility index (Phi) is 5.24. The zero-order chi connectivity index (χ0) is 18.8. The van der Waals surface area contributed by atoms with Crippen LogP contribution in [0, 0.1) is 5.41 Å². The quantitative estimate of drug-likeness (QED) is 0.873. The smallest absolute Gasteiger partial charge is 0.406 e. The van der Waals surface area contributed by atoms with Crippen LogP contribution in [-0.4, -0.2) is 52.2 Å². The third-order valence-electron chi connectivity index (χ3n) is 4.39. The molecule has 2 heterocycles. The molecule has 1 aromatic rings. The molecule has 1 saturated heterocycles. The number of hydrogen-bond acceptors (Lipinski definition) is 4. The van der Waals surface area contributed by atoms with E-state index >= 15 is 0 Å². The van der Waals surface area contributed by atoms with Crippen LogP contribution in [0.1, 0.15) is 37.0 Å². The average molecular weight is 360 g/mol. The van der Waals surface area contributed by atoms with Crippen LogP contribution < -0.4 is 4.74 Å². The average Bonchev–Trinajstić information content (AvgIpc) is 3.01. The molecule has 9 heteroatoms. The first-order valence-corrected chi connectivity index (χ1v) is 7.83. The minimum absolute atomic E-state index is 0.108. The molecule has 1 aliphatic heterocycles. The Hall–Kier alpha value is -2.32. The van der Waals surface area contributed by atoms with Gasteiger partial charge in [0.2, 0.25) is 5.88 Å². The fourth-order valence-electron chi connectivity index (χ4n) is 2.59. The molecule has 0 saturated carbocycles. The number of pyridine rings is 1. The van der Waals surface area contributed by atoms with Gasteiger partial charge in [0.15, 0.2) is 5.41 Å². The first-order chi connectivity index (χ1) is 11.6. The van der Waals surface area contributed by atoms with E-state index < -0.39 is 36.4 Å². The standard InChI is InChI=1S/C16H19F3N2O4/c1-3-10(2)25-12-8-11(4-6-20-12)13(22)21-7-5-15(9-21,14(23)24)16(17,18)19/h4,6,8,10H,3,5,7,9H2,1-2H3,(H,23,24). The summed E-state index contributed by atoms with van der Waals surface area (Å²) < 4.78 is 45.1. The van der Waals surface area contributed by atoms with Gasteiger partial charge < -0.3 is 14.7 Å². The van der Waals surface area contributed by atoms with Crippen molar-refractivity contribution in [1.82, 2.24) is 9.88 Å². The van der Waals surface area contributed by atoms with Gasteiger partial charge in [0.1, 0.15) is 0 Å². The summed E-state index contributed by atoms with van der Waals surface area (Å²) in [4.78, 5) is 28.5. The number of aliphatic carboxylic acids is 1. The number of ether oxygens (including phenoxy) is 1. The number of carbonyl (C=O) groups excluding carboxylic acids is 1. The van der Waals surface area contributed by atoms with Crippen molar-refractivity contribution in [3.8, 4) is 5.88 Å². The summed E-state index contributed by atoms with van der Waals surface area (Å²) in [6.07, 6.45) is -3.68. The van der Waals surface area contributed by atoms with Crippen molar-refractivity contribution in [3.63, 3.8) is 0 Å². The Morgan fingerprint density at radius 1 is 1.48 bits per heavy atom. The SMILES string of the molecule is CCC(C)Oc1cc(C(=O)N2CCC(C(=O)O)(C(F)(F)F)C2)ccn1. The predicted octanol–water partition coefficient (Wildman–Crippen LogP) is 2.74. The molecule has 6 nitrogen and oxygen atoms in total. The molecule has 0 aromatic carbocycles. The van der Waals surface area contributed by atoms with Gasteiger partial charge in [-0.05, 0) is 25.8 Å². The van der Waals surface area contributed by atoms with Crippen molar-refractivity contribution in [3.05, 3.63) is 23.9 Å². The number of amides is 1. The van der Waals surface area contributed by atoms with Gasteiger partial charge >= 0.3 is 12.1 Å². The minimum Gasteiger partial charge on any atom is -0.481 e. The second-order valence-electron chi connectivity index (χ2n) is 6.08. The maximum Gasteiger partial charge on any atom is 0.406 e. The van der Waals surface area contributed by atoms with Crippen molar-refractivity contribution >= 4 is 11.9 Å². The van der Waals surface area contributed by atoms with Crippen LogP contribution in [0.5, 0.6) is 5.88 Å². The number of carboxylic acids is 1. The maximum atomic E-state index is 13.2. The van der Waals surface area contributed by atoms with E-state index in [0.717, 1.165) is 11.3 Å². The van der Waals surface area contributed by atoms with Gasteiger partial charge in [-0.25, -0.2) is 4.98 Å². The number of rotatable bonds is 5. The van der Waals surface area contributed by atoms with Crippen molar-refractivity contribution in [2.45, 2.75) is 39.0 Å². The highest BCUT2D eigenvalue weighted by Gasteiger charge is 2.64. The molecule has 1 amide bonds. The molecule has 1 aliphatic rings. The number of carbonyl (C=O) groups is 2. The molecule has 1 fully saturated rings. The summed E-state index contributed by atoms with van der Waals surface area (Å²) in [5.74, 6) is -2.45. The Bertz CT molecular complexity index is 665. The monoisotopic (exact) mass is 360 g/mol. The number of aromatic nitrogens is 1. The normalized spacial score (nSPS) is 21.9. The van der Waals surface area contributed by atoms with Crippen LogP contribution in [0.15, 0.2) is 18.3 Å². The van der Waals surface area contributed by atoms with Gasteiger partial charge in [-0.1, -0.05) is 6.92 Å². The van der Waals surface area contributed by atoms with Crippen LogP contribution in [0.3, 0.4) is 0 Å². The van der Waals surface area contributed by atoms with Gasteiger partial charge in [-0.3, -0.25) is 9.59 Å². The largest absolute Gasteiger partial charge is 0.481 e. The van der Waals surface area contributed by atoms with E-state index in [1.165, 1.54) is 18.3 Å². The summed E-state index contributed by atoms with van der Waals surface area (Å²) in [7, 11) is 0. The number of carboxylic acid groups (broad SMARTS) is 1. The third-order valence-corrected chi connectivity index (χ3v) is 4.39. The molecule has 0 spiro atoms. The zero-order valence-electron chi connectivity index (χ0n) is 13.8. The van der Waals surface area contributed by atoms with Gasteiger partial charge in [0, 0.05) is 30.9 Å². The molecule has 0 radical (unpaired) electrons. The number of alkyl halides is 3. The van der Waals surface area contributed by atoms with E-state index in [1.807, 2.05) is 13.8 Å². The molecule has 138 valence electrons. The molecule has 1 aromatic heterocycles. The molecule has 2 rings (SSSR count). The molecular weight excluding hydrogens is 341 g/mol. The number of nitrogens with zero attached hydrogens (tertiary/aromatic N) is 2.